The lowest BCUT2D eigenvalue weighted by Gasteiger charge is -2.06. The molecule has 3 heteroatoms. The van der Waals surface area contributed by atoms with E-state index < -0.39 is 0 Å². The molecule has 0 amide bonds. The number of hydrogen-bond donors (Lipinski definition) is 1. The van der Waals surface area contributed by atoms with Crippen LogP contribution in [0.25, 0.3) is 0 Å². The summed E-state index contributed by atoms with van der Waals surface area (Å²) < 4.78 is 6.31. The Bertz CT molecular complexity index is 299. The molecule has 2 N–H and O–H groups in total. The minimum absolute atomic E-state index is 0.514. The number of benzene rings is 1. The van der Waals surface area contributed by atoms with Crippen molar-refractivity contribution in [1.82, 2.24) is 0 Å². The van der Waals surface area contributed by atoms with Crippen molar-refractivity contribution < 1.29 is 4.74 Å². The molecule has 1 aromatic carbocycles. The molecule has 0 aromatic heterocycles. The lowest BCUT2D eigenvalue weighted by atomic mass is 10.2. The lowest BCUT2D eigenvalue weighted by Crippen LogP contribution is -1.98. The molecule has 0 saturated heterocycles. The molecule has 1 aromatic rings. The smallest absolute Gasteiger partial charge is 0.133 e. The van der Waals surface area contributed by atoms with E-state index in [9.17, 15) is 0 Å². The van der Waals surface area contributed by atoms with Crippen molar-refractivity contribution in [3.63, 3.8) is 0 Å². The van der Waals surface area contributed by atoms with Crippen LogP contribution in [0.2, 0.25) is 0 Å². The van der Waals surface area contributed by atoms with Crippen LogP contribution < -0.4 is 10.5 Å². The molecule has 0 bridgehead atoms. The van der Waals surface area contributed by atoms with Gasteiger partial charge < -0.3 is 10.5 Å². The topological polar surface area (TPSA) is 35.2 Å². The van der Waals surface area contributed by atoms with Crippen LogP contribution in [0.15, 0.2) is 35.3 Å². The minimum Gasteiger partial charge on any atom is -0.488 e. The van der Waals surface area contributed by atoms with Crippen LogP contribution in [0.3, 0.4) is 0 Å². The zero-order chi connectivity index (χ0) is 9.68. The van der Waals surface area contributed by atoms with Crippen molar-refractivity contribution >= 4 is 15.9 Å². The quantitative estimate of drug-likeness (QED) is 0.823. The summed E-state index contributed by atoms with van der Waals surface area (Å²) in [5, 5.41) is 0. The van der Waals surface area contributed by atoms with Crippen molar-refractivity contribution in [2.45, 2.75) is 6.54 Å². The van der Waals surface area contributed by atoms with Crippen molar-refractivity contribution in [2.75, 3.05) is 6.61 Å². The second kappa shape index (κ2) is 5.04. The third kappa shape index (κ3) is 2.86. The van der Waals surface area contributed by atoms with E-state index in [-0.39, 0.29) is 0 Å². The van der Waals surface area contributed by atoms with Crippen LogP contribution in [0.4, 0.5) is 0 Å². The summed E-state index contributed by atoms with van der Waals surface area (Å²) in [4.78, 5) is 0. The standard InChI is InChI=1S/C10H12BrNO/c1-2-5-13-10-4-3-8(7-12)6-9(10)11/h2-4,6H,1,5,7,12H2. The summed E-state index contributed by atoms with van der Waals surface area (Å²) in [6.45, 7) is 4.64. The van der Waals surface area contributed by atoms with E-state index in [4.69, 9.17) is 10.5 Å². The molecule has 13 heavy (non-hydrogen) atoms. The molecule has 0 saturated carbocycles. The Balaban J connectivity index is 2.78. The van der Waals surface area contributed by atoms with Crippen molar-refractivity contribution in [2.24, 2.45) is 5.73 Å². The number of nitrogens with two attached hydrogens (primary N) is 1. The molecule has 0 aliphatic carbocycles. The van der Waals surface area contributed by atoms with Gasteiger partial charge in [0.15, 0.2) is 0 Å². The summed E-state index contributed by atoms with van der Waals surface area (Å²) in [6, 6.07) is 5.80. The summed E-state index contributed by atoms with van der Waals surface area (Å²) in [6.07, 6.45) is 1.71. The molecule has 0 unspecified atom stereocenters. The fraction of sp³-hybridized carbons (Fsp3) is 0.200. The van der Waals surface area contributed by atoms with Crippen LogP contribution in [0, 0.1) is 0 Å². The van der Waals surface area contributed by atoms with Crippen LogP contribution in [-0.2, 0) is 6.54 Å². The van der Waals surface area contributed by atoms with Gasteiger partial charge in [0.25, 0.3) is 0 Å². The highest BCUT2D eigenvalue weighted by atomic mass is 79.9. The lowest BCUT2D eigenvalue weighted by molar-refractivity contribution is 0.361. The highest BCUT2D eigenvalue weighted by Crippen LogP contribution is 2.25. The van der Waals surface area contributed by atoms with Gasteiger partial charge in [-0.3, -0.25) is 0 Å². The molecule has 2 nitrogen and oxygen atoms in total. The zero-order valence-corrected chi connectivity index (χ0v) is 8.88. The molecule has 0 fully saturated rings. The van der Waals surface area contributed by atoms with Crippen LogP contribution in [-0.4, -0.2) is 6.61 Å². The third-order valence-electron chi connectivity index (χ3n) is 1.59. The average molecular weight is 242 g/mol. The van der Waals surface area contributed by atoms with Gasteiger partial charge in [-0.25, -0.2) is 0 Å². The number of halogens is 1. The molecule has 0 aliphatic rings. The summed E-state index contributed by atoms with van der Waals surface area (Å²) >= 11 is 3.40. The normalized spacial score (nSPS) is 9.69. The molecule has 0 radical (unpaired) electrons. The first-order valence-electron chi connectivity index (χ1n) is 4.00. The Hall–Kier alpha value is -0.800. The predicted molar refractivity (Wildman–Crippen MR) is 57.7 cm³/mol. The van der Waals surface area contributed by atoms with Gasteiger partial charge in [-0.1, -0.05) is 18.7 Å². The maximum absolute atomic E-state index is 5.49. The monoisotopic (exact) mass is 241 g/mol. The summed E-state index contributed by atoms with van der Waals surface area (Å²) in [5.74, 6) is 0.817. The first-order chi connectivity index (χ1) is 6.27. The van der Waals surface area contributed by atoms with E-state index in [0.717, 1.165) is 15.8 Å². The SMILES string of the molecule is C=CCOc1ccc(CN)cc1Br. The summed E-state index contributed by atoms with van der Waals surface area (Å²) in [7, 11) is 0. The highest BCUT2D eigenvalue weighted by Gasteiger charge is 2.00. The molecule has 70 valence electrons. The molecule has 0 heterocycles. The van der Waals surface area contributed by atoms with Crippen LogP contribution in [0.5, 0.6) is 5.75 Å². The molecular formula is C10H12BrNO. The molecule has 0 spiro atoms. The van der Waals surface area contributed by atoms with Crippen molar-refractivity contribution in [3.8, 4) is 5.75 Å². The fourth-order valence-electron chi connectivity index (χ4n) is 0.937. The maximum Gasteiger partial charge on any atom is 0.133 e. The third-order valence-corrected chi connectivity index (χ3v) is 2.21. The van der Waals surface area contributed by atoms with Gasteiger partial charge in [0.2, 0.25) is 0 Å². The first-order valence-corrected chi connectivity index (χ1v) is 4.79. The minimum atomic E-state index is 0.514. The largest absolute Gasteiger partial charge is 0.488 e. The number of ether oxygens (including phenoxy) is 1. The summed E-state index contributed by atoms with van der Waals surface area (Å²) in [5.41, 5.74) is 6.57. The Morgan fingerprint density at radius 1 is 1.54 bits per heavy atom. The first kappa shape index (κ1) is 10.3. The van der Waals surface area contributed by atoms with E-state index in [0.29, 0.717) is 13.2 Å². The second-order valence-corrected chi connectivity index (χ2v) is 3.42. The van der Waals surface area contributed by atoms with Crippen molar-refractivity contribution in [3.05, 3.63) is 40.9 Å². The van der Waals surface area contributed by atoms with Gasteiger partial charge in [0, 0.05) is 6.54 Å². The highest BCUT2D eigenvalue weighted by molar-refractivity contribution is 9.10. The van der Waals surface area contributed by atoms with E-state index in [1.165, 1.54) is 0 Å². The van der Waals surface area contributed by atoms with Gasteiger partial charge in [-0.15, -0.1) is 0 Å². The number of hydrogen-bond acceptors (Lipinski definition) is 2. The van der Waals surface area contributed by atoms with Crippen molar-refractivity contribution in [1.29, 1.82) is 0 Å². The van der Waals surface area contributed by atoms with Gasteiger partial charge in [0.05, 0.1) is 4.47 Å². The Morgan fingerprint density at radius 3 is 2.85 bits per heavy atom. The Morgan fingerprint density at radius 2 is 2.31 bits per heavy atom. The van der Waals surface area contributed by atoms with Gasteiger partial charge in [0.1, 0.15) is 12.4 Å². The Labute approximate surface area is 86.5 Å². The van der Waals surface area contributed by atoms with E-state index in [1.807, 2.05) is 18.2 Å². The molecule has 0 aliphatic heterocycles. The Kier molecular flexibility index (Phi) is 3.99. The second-order valence-electron chi connectivity index (χ2n) is 2.57. The van der Waals surface area contributed by atoms with E-state index >= 15 is 0 Å². The zero-order valence-electron chi connectivity index (χ0n) is 7.29. The molecule has 1 rings (SSSR count). The van der Waals surface area contributed by atoms with E-state index in [1.54, 1.807) is 6.08 Å². The van der Waals surface area contributed by atoms with Gasteiger partial charge in [-0.2, -0.15) is 0 Å². The molecule has 0 atom stereocenters. The average Bonchev–Trinajstić information content (AvgIpc) is 2.16. The predicted octanol–water partition coefficient (Wildman–Crippen LogP) is 2.47. The van der Waals surface area contributed by atoms with E-state index in [2.05, 4.69) is 22.5 Å². The fourth-order valence-corrected chi connectivity index (χ4v) is 1.48. The number of rotatable bonds is 4. The van der Waals surface area contributed by atoms with Crippen LogP contribution in [0.1, 0.15) is 5.56 Å². The van der Waals surface area contributed by atoms with Gasteiger partial charge in [-0.05, 0) is 33.6 Å². The molecular weight excluding hydrogens is 230 g/mol. The van der Waals surface area contributed by atoms with Crippen LogP contribution >= 0.6 is 15.9 Å². The van der Waals surface area contributed by atoms with Gasteiger partial charge >= 0.3 is 0 Å². The maximum atomic E-state index is 5.49.